The summed E-state index contributed by atoms with van der Waals surface area (Å²) in [7, 11) is 7.28. The van der Waals surface area contributed by atoms with E-state index in [-0.39, 0.29) is 6.54 Å². The van der Waals surface area contributed by atoms with Crippen LogP contribution in [0.2, 0.25) is 0 Å². The van der Waals surface area contributed by atoms with Crippen LogP contribution < -0.4 is 0 Å². The lowest BCUT2D eigenvalue weighted by Crippen LogP contribution is -2.35. The highest BCUT2D eigenvalue weighted by Gasteiger charge is 2.04. The van der Waals surface area contributed by atoms with Crippen molar-refractivity contribution in [3.8, 4) is 0 Å². The van der Waals surface area contributed by atoms with E-state index in [4.69, 9.17) is 5.11 Å². The molecule has 0 aromatic heterocycles. The van der Waals surface area contributed by atoms with Gasteiger partial charge in [-0.15, -0.1) is 0 Å². The number of carbonyl (C=O) groups is 1. The highest BCUT2D eigenvalue weighted by molar-refractivity contribution is 5.81. The van der Waals surface area contributed by atoms with E-state index >= 15 is 0 Å². The lowest BCUT2D eigenvalue weighted by molar-refractivity contribution is -0.135. The fourth-order valence-electron chi connectivity index (χ4n) is 0.821. The number of carboxylic acids is 1. The first kappa shape index (κ1) is 10.7. The van der Waals surface area contributed by atoms with Gasteiger partial charge in [0, 0.05) is 28.2 Å². The van der Waals surface area contributed by atoms with Gasteiger partial charge in [0.05, 0.1) is 0 Å². The van der Waals surface area contributed by atoms with Crippen molar-refractivity contribution in [2.75, 3.05) is 34.7 Å². The van der Waals surface area contributed by atoms with E-state index in [1.165, 1.54) is 0 Å². The molecule has 0 aromatic carbocycles. The molecule has 12 heavy (non-hydrogen) atoms. The zero-order valence-corrected chi connectivity index (χ0v) is 7.90. The van der Waals surface area contributed by atoms with Crippen LogP contribution in [0.5, 0.6) is 0 Å². The standard InChI is InChI=1S/C7H15N3O2/c1-9(2)7(10(3)4)8-5-6(11)12/h5H2,1-4H3,(H,11,12). The Hall–Kier alpha value is -1.26. The SMILES string of the molecule is CN(C)C(=NCC(=O)O)N(C)C. The second kappa shape index (κ2) is 4.58. The van der Waals surface area contributed by atoms with Gasteiger partial charge < -0.3 is 14.9 Å². The molecule has 0 heterocycles. The molecule has 0 rings (SSSR count). The maximum Gasteiger partial charge on any atom is 0.325 e. The third-order valence-corrected chi connectivity index (χ3v) is 1.16. The summed E-state index contributed by atoms with van der Waals surface area (Å²) in [5.74, 6) is -0.270. The fourth-order valence-corrected chi connectivity index (χ4v) is 0.821. The number of hydrogen-bond donors (Lipinski definition) is 1. The number of guanidine groups is 1. The first-order chi connectivity index (χ1) is 5.45. The molecule has 0 atom stereocenters. The van der Waals surface area contributed by atoms with Crippen LogP contribution in [0.15, 0.2) is 4.99 Å². The maximum absolute atomic E-state index is 10.2. The van der Waals surface area contributed by atoms with E-state index < -0.39 is 5.97 Å². The maximum atomic E-state index is 10.2. The lowest BCUT2D eigenvalue weighted by atomic mass is 10.6. The molecule has 5 heteroatoms. The Kier molecular flexibility index (Phi) is 4.10. The zero-order chi connectivity index (χ0) is 9.72. The van der Waals surface area contributed by atoms with E-state index in [0.29, 0.717) is 5.96 Å². The molecule has 0 fully saturated rings. The quantitative estimate of drug-likeness (QED) is 0.454. The molecule has 0 aliphatic carbocycles. The third-order valence-electron chi connectivity index (χ3n) is 1.16. The minimum Gasteiger partial charge on any atom is -0.480 e. The van der Waals surface area contributed by atoms with Gasteiger partial charge in [0.15, 0.2) is 5.96 Å². The largest absolute Gasteiger partial charge is 0.480 e. The molecule has 70 valence electrons. The average Bonchev–Trinajstić information content (AvgIpc) is 1.84. The third kappa shape index (κ3) is 3.80. The van der Waals surface area contributed by atoms with Crippen molar-refractivity contribution in [2.45, 2.75) is 0 Å². The Bertz CT molecular complexity index is 177. The first-order valence-electron chi connectivity index (χ1n) is 3.56. The normalized spacial score (nSPS) is 9.00. The van der Waals surface area contributed by atoms with E-state index in [0.717, 1.165) is 0 Å². The summed E-state index contributed by atoms with van der Waals surface area (Å²) in [6.07, 6.45) is 0. The number of rotatable bonds is 2. The molecule has 0 aliphatic rings. The molecule has 0 spiro atoms. The number of carboxylic acid groups (broad SMARTS) is 1. The predicted octanol–water partition coefficient (Wildman–Crippen LogP) is -0.450. The summed E-state index contributed by atoms with van der Waals surface area (Å²) in [6.45, 7) is -0.189. The van der Waals surface area contributed by atoms with Gasteiger partial charge >= 0.3 is 5.97 Å². The van der Waals surface area contributed by atoms with Crippen LogP contribution in [0.3, 0.4) is 0 Å². The molecule has 0 saturated heterocycles. The Labute approximate surface area is 72.3 Å². The second-order valence-electron chi connectivity index (χ2n) is 2.80. The molecule has 0 saturated carbocycles. The smallest absolute Gasteiger partial charge is 0.325 e. The molecule has 0 aromatic rings. The summed E-state index contributed by atoms with van der Waals surface area (Å²) < 4.78 is 0. The second-order valence-corrected chi connectivity index (χ2v) is 2.80. The van der Waals surface area contributed by atoms with Crippen LogP contribution >= 0.6 is 0 Å². The molecule has 5 nitrogen and oxygen atoms in total. The Balaban J connectivity index is 4.29. The van der Waals surface area contributed by atoms with Gasteiger partial charge in [-0.1, -0.05) is 0 Å². The van der Waals surface area contributed by atoms with E-state index in [1.54, 1.807) is 9.80 Å². The molecule has 1 N–H and O–H groups in total. The number of aliphatic carboxylic acids is 1. The molecule has 0 bridgehead atoms. The van der Waals surface area contributed by atoms with Gasteiger partial charge in [-0.25, -0.2) is 4.99 Å². The minimum atomic E-state index is -0.920. The van der Waals surface area contributed by atoms with E-state index in [9.17, 15) is 4.79 Å². The number of hydrogen-bond acceptors (Lipinski definition) is 2. The van der Waals surface area contributed by atoms with Crippen LogP contribution in [-0.2, 0) is 4.79 Å². The summed E-state index contributed by atoms with van der Waals surface area (Å²) in [5, 5.41) is 8.38. The minimum absolute atomic E-state index is 0.189. The highest BCUT2D eigenvalue weighted by Crippen LogP contribution is 1.88. The van der Waals surface area contributed by atoms with Crippen molar-refractivity contribution in [3.05, 3.63) is 0 Å². The summed E-state index contributed by atoms with van der Waals surface area (Å²) >= 11 is 0. The molecule has 0 unspecified atom stereocenters. The van der Waals surface area contributed by atoms with Crippen LogP contribution in [-0.4, -0.2) is 61.6 Å². The van der Waals surface area contributed by atoms with Crippen LogP contribution in [0, 0.1) is 0 Å². The van der Waals surface area contributed by atoms with E-state index in [1.807, 2.05) is 28.2 Å². The highest BCUT2D eigenvalue weighted by atomic mass is 16.4. The molecule has 0 radical (unpaired) electrons. The monoisotopic (exact) mass is 173 g/mol. The molecular weight excluding hydrogens is 158 g/mol. The van der Waals surface area contributed by atoms with Crippen molar-refractivity contribution in [1.29, 1.82) is 0 Å². The van der Waals surface area contributed by atoms with Crippen LogP contribution in [0.4, 0.5) is 0 Å². The molecular formula is C7H15N3O2. The summed E-state index contributed by atoms with van der Waals surface area (Å²) in [4.78, 5) is 17.6. The van der Waals surface area contributed by atoms with Crippen molar-refractivity contribution >= 4 is 11.9 Å². The Morgan fingerprint density at radius 3 is 1.92 bits per heavy atom. The van der Waals surface area contributed by atoms with Crippen molar-refractivity contribution in [3.63, 3.8) is 0 Å². The Morgan fingerprint density at radius 2 is 1.67 bits per heavy atom. The van der Waals surface area contributed by atoms with E-state index in [2.05, 4.69) is 4.99 Å². The molecule has 0 aliphatic heterocycles. The van der Waals surface area contributed by atoms with Gasteiger partial charge in [-0.05, 0) is 0 Å². The topological polar surface area (TPSA) is 56.1 Å². The summed E-state index contributed by atoms with van der Waals surface area (Å²) in [6, 6.07) is 0. The van der Waals surface area contributed by atoms with Gasteiger partial charge in [-0.2, -0.15) is 0 Å². The fraction of sp³-hybridized carbons (Fsp3) is 0.714. The molecule has 0 amide bonds. The zero-order valence-electron chi connectivity index (χ0n) is 7.90. The lowest BCUT2D eigenvalue weighted by Gasteiger charge is -2.22. The number of aliphatic imine (C=N–C) groups is 1. The van der Waals surface area contributed by atoms with Gasteiger partial charge in [0.25, 0.3) is 0 Å². The van der Waals surface area contributed by atoms with Crippen LogP contribution in [0.1, 0.15) is 0 Å². The average molecular weight is 173 g/mol. The predicted molar refractivity (Wildman–Crippen MR) is 47.3 cm³/mol. The summed E-state index contributed by atoms with van der Waals surface area (Å²) in [5.41, 5.74) is 0. The van der Waals surface area contributed by atoms with Crippen LogP contribution in [0.25, 0.3) is 0 Å². The van der Waals surface area contributed by atoms with Crippen molar-refractivity contribution in [1.82, 2.24) is 9.80 Å². The van der Waals surface area contributed by atoms with Crippen molar-refractivity contribution < 1.29 is 9.90 Å². The van der Waals surface area contributed by atoms with Gasteiger partial charge in [-0.3, -0.25) is 4.79 Å². The van der Waals surface area contributed by atoms with Gasteiger partial charge in [0.1, 0.15) is 6.54 Å². The first-order valence-corrected chi connectivity index (χ1v) is 3.56. The Morgan fingerprint density at radius 1 is 1.25 bits per heavy atom. The van der Waals surface area contributed by atoms with Crippen molar-refractivity contribution in [2.24, 2.45) is 4.99 Å². The van der Waals surface area contributed by atoms with Gasteiger partial charge in [0.2, 0.25) is 0 Å². The number of nitrogens with zero attached hydrogens (tertiary/aromatic N) is 3.